The number of thioether (sulfide) groups is 1. The van der Waals surface area contributed by atoms with E-state index in [0.717, 1.165) is 10.9 Å². The second-order valence-electron chi connectivity index (χ2n) is 11.3. The van der Waals surface area contributed by atoms with Crippen LogP contribution in [0.15, 0.2) is 33.7 Å². The van der Waals surface area contributed by atoms with Crippen LogP contribution in [0.4, 0.5) is 13.6 Å². The number of ketones is 1. The number of allylic oxidation sites excluding steroid dienone is 1. The number of carbonyl (C=O) groups is 3. The molecule has 0 heterocycles. The highest BCUT2D eigenvalue weighted by Gasteiger charge is 2.28. The molecule has 0 saturated carbocycles. The number of amides is 1. The van der Waals surface area contributed by atoms with E-state index in [1.807, 2.05) is 0 Å². The van der Waals surface area contributed by atoms with Gasteiger partial charge >= 0.3 is 12.1 Å². The minimum Gasteiger partial charge on any atom is -0.460 e. The van der Waals surface area contributed by atoms with E-state index in [2.05, 4.69) is 35.6 Å². The molecule has 8 nitrogen and oxygen atoms in total. The van der Waals surface area contributed by atoms with Crippen molar-refractivity contribution in [2.45, 2.75) is 71.3 Å². The topological polar surface area (TPSA) is 106 Å². The summed E-state index contributed by atoms with van der Waals surface area (Å²) in [4.78, 5) is 37.4. The van der Waals surface area contributed by atoms with E-state index in [1.165, 1.54) is 31.2 Å². The Morgan fingerprint density at radius 1 is 1.23 bits per heavy atom. The highest BCUT2D eigenvalue weighted by atomic mass is 79.9. The molecule has 1 amide bonds. The number of esters is 1. The maximum atomic E-state index is 14.6. The molecule has 13 heteroatoms. The van der Waals surface area contributed by atoms with Gasteiger partial charge in [0.2, 0.25) is 0 Å². The van der Waals surface area contributed by atoms with Crippen LogP contribution in [0.5, 0.6) is 0 Å². The van der Waals surface area contributed by atoms with Crippen molar-refractivity contribution >= 4 is 58.8 Å². The van der Waals surface area contributed by atoms with Gasteiger partial charge in [0.1, 0.15) is 37.0 Å². The third-order valence-electron chi connectivity index (χ3n) is 4.98. The third kappa shape index (κ3) is 14.5. The van der Waals surface area contributed by atoms with Crippen molar-refractivity contribution in [3.8, 4) is 0 Å². The van der Waals surface area contributed by atoms with Gasteiger partial charge in [0.25, 0.3) is 0 Å². The highest BCUT2D eigenvalue weighted by Crippen LogP contribution is 2.30. The van der Waals surface area contributed by atoms with Crippen molar-refractivity contribution in [2.75, 3.05) is 26.6 Å². The predicted octanol–water partition coefficient (Wildman–Crippen LogP) is 7.26. The lowest BCUT2D eigenvalue weighted by Gasteiger charge is -2.28. The average molecular weight is 666 g/mol. The Balaban J connectivity index is 3.30. The van der Waals surface area contributed by atoms with Crippen molar-refractivity contribution in [2.24, 2.45) is 0 Å². The van der Waals surface area contributed by atoms with Gasteiger partial charge in [-0.1, -0.05) is 53.4 Å². The van der Waals surface area contributed by atoms with Gasteiger partial charge < -0.3 is 14.2 Å². The van der Waals surface area contributed by atoms with Gasteiger partial charge in [0, 0.05) is 30.0 Å². The van der Waals surface area contributed by atoms with Crippen molar-refractivity contribution in [1.29, 1.82) is 5.41 Å². The molecular formula is C27H39BrF2N2O6SSi. The maximum absolute atomic E-state index is 14.6. The second-order valence-corrected chi connectivity index (χ2v) is 18.9. The molecular weight excluding hydrogens is 626 g/mol. The van der Waals surface area contributed by atoms with E-state index in [0.29, 0.717) is 22.8 Å². The molecule has 40 heavy (non-hydrogen) atoms. The van der Waals surface area contributed by atoms with Crippen molar-refractivity contribution in [3.63, 3.8) is 0 Å². The molecule has 1 atom stereocenters. The summed E-state index contributed by atoms with van der Waals surface area (Å²) >= 11 is 3.97. The van der Waals surface area contributed by atoms with Crippen LogP contribution in [-0.4, -0.2) is 68.2 Å². The smallest absolute Gasteiger partial charge is 0.418 e. The predicted molar refractivity (Wildman–Crippen MR) is 160 cm³/mol. The van der Waals surface area contributed by atoms with Crippen LogP contribution in [0.25, 0.3) is 0 Å². The Morgan fingerprint density at radius 2 is 1.88 bits per heavy atom. The standard InChI is InChI=1S/C27H39BrF2N2O6SSi/c1-18(33)12-24(34)37-16-21(13-19(15-29)22-14-20(28)8-9-23(22)30)39-25(31)32(26(35)38-27(2,3)4)17-36-10-11-40(5,6)7/h8-9,13-14,19,31H,10-12,15-17H2,1-7H3/b21-13-,31-25?/t19-/m0/s1. The zero-order valence-electron chi connectivity index (χ0n) is 24.1. The van der Waals surface area contributed by atoms with Gasteiger partial charge in [-0.2, -0.15) is 0 Å². The fraction of sp³-hybridized carbons (Fsp3) is 0.556. The zero-order valence-corrected chi connectivity index (χ0v) is 27.5. The van der Waals surface area contributed by atoms with Crippen LogP contribution in [0.2, 0.25) is 25.7 Å². The first-order valence-electron chi connectivity index (χ1n) is 12.6. The summed E-state index contributed by atoms with van der Waals surface area (Å²) in [6.45, 7) is 11.5. The molecule has 1 aromatic carbocycles. The Labute approximate surface area is 248 Å². The molecule has 0 aliphatic rings. The van der Waals surface area contributed by atoms with Gasteiger partial charge in [-0.15, -0.1) is 0 Å². The van der Waals surface area contributed by atoms with E-state index < -0.39 is 63.0 Å². The van der Waals surface area contributed by atoms with E-state index in [4.69, 9.17) is 19.6 Å². The number of rotatable bonds is 13. The third-order valence-corrected chi connectivity index (χ3v) is 8.11. The molecule has 1 aromatic rings. The Kier molecular flexibility index (Phi) is 14.7. The van der Waals surface area contributed by atoms with Crippen molar-refractivity contribution in [1.82, 2.24) is 4.90 Å². The largest absolute Gasteiger partial charge is 0.460 e. The first kappa shape index (κ1) is 35.9. The molecule has 0 spiro atoms. The normalized spacial score (nSPS) is 13.0. The fourth-order valence-corrected chi connectivity index (χ4v) is 4.95. The quantitative estimate of drug-likeness (QED) is 0.0450. The maximum Gasteiger partial charge on any atom is 0.418 e. The average Bonchev–Trinajstić information content (AvgIpc) is 2.79. The van der Waals surface area contributed by atoms with E-state index >= 15 is 0 Å². The number of nitrogens with one attached hydrogen (secondary N) is 1. The lowest BCUT2D eigenvalue weighted by molar-refractivity contribution is -0.144. The summed E-state index contributed by atoms with van der Waals surface area (Å²) in [7, 11) is -1.41. The van der Waals surface area contributed by atoms with Gasteiger partial charge in [0.15, 0.2) is 5.17 Å². The van der Waals surface area contributed by atoms with Gasteiger partial charge in [-0.05, 0) is 57.5 Å². The first-order chi connectivity index (χ1) is 18.4. The summed E-state index contributed by atoms with van der Waals surface area (Å²) < 4.78 is 45.6. The lowest BCUT2D eigenvalue weighted by Crippen LogP contribution is -2.41. The fourth-order valence-electron chi connectivity index (χ4n) is 2.98. The molecule has 0 aromatic heterocycles. The van der Waals surface area contributed by atoms with Crippen LogP contribution in [0.1, 0.15) is 45.6 Å². The second kappa shape index (κ2) is 16.4. The summed E-state index contributed by atoms with van der Waals surface area (Å²) in [6.07, 6.45) is 0.0488. The molecule has 1 rings (SSSR count). The van der Waals surface area contributed by atoms with Crippen molar-refractivity contribution < 1.29 is 37.4 Å². The van der Waals surface area contributed by atoms with Crippen LogP contribution >= 0.6 is 27.7 Å². The molecule has 1 N–H and O–H groups in total. The minimum atomic E-state index is -1.41. The Hall–Kier alpha value is -2.09. The Morgan fingerprint density at radius 3 is 2.42 bits per heavy atom. The summed E-state index contributed by atoms with van der Waals surface area (Å²) in [6, 6.07) is 4.95. The SMILES string of the molecule is CC(=O)CC(=O)OC/C(=C/[C@@H](CF)c1cc(Br)ccc1F)SC(=N)N(COCC[Si](C)(C)C)C(=O)OC(C)(C)C. The summed E-state index contributed by atoms with van der Waals surface area (Å²) in [5.41, 5.74) is -0.799. The molecule has 0 aliphatic carbocycles. The number of ether oxygens (including phenoxy) is 3. The number of carbonyl (C=O) groups excluding carboxylic acids is 3. The number of Topliss-reactive ketones (excluding diaryl/α,β-unsaturated/α-hetero) is 1. The van der Waals surface area contributed by atoms with E-state index in [-0.39, 0.29) is 22.4 Å². The van der Waals surface area contributed by atoms with Crippen LogP contribution < -0.4 is 0 Å². The van der Waals surface area contributed by atoms with Gasteiger partial charge in [-0.3, -0.25) is 19.4 Å². The summed E-state index contributed by atoms with van der Waals surface area (Å²) in [5.74, 6) is -2.93. The van der Waals surface area contributed by atoms with Gasteiger partial charge in [-0.25, -0.2) is 14.1 Å². The molecule has 0 fully saturated rings. The summed E-state index contributed by atoms with van der Waals surface area (Å²) in [5, 5.41) is 8.33. The zero-order chi connectivity index (χ0) is 30.7. The number of hydrogen-bond acceptors (Lipinski definition) is 8. The van der Waals surface area contributed by atoms with E-state index in [1.54, 1.807) is 20.8 Å². The van der Waals surface area contributed by atoms with Crippen LogP contribution in [0.3, 0.4) is 0 Å². The number of hydrogen-bond donors (Lipinski definition) is 1. The molecule has 0 bridgehead atoms. The van der Waals surface area contributed by atoms with Crippen molar-refractivity contribution in [3.05, 3.63) is 45.0 Å². The number of halogens is 3. The molecule has 0 unspecified atom stereocenters. The van der Waals surface area contributed by atoms with Gasteiger partial charge in [0.05, 0.1) is 6.67 Å². The lowest BCUT2D eigenvalue weighted by atomic mass is 9.99. The molecule has 0 aliphatic heterocycles. The number of alkyl halides is 1. The monoisotopic (exact) mass is 664 g/mol. The van der Waals surface area contributed by atoms with E-state index in [9.17, 15) is 23.2 Å². The first-order valence-corrected chi connectivity index (χ1v) is 17.9. The van der Waals surface area contributed by atoms with Crippen LogP contribution in [-0.2, 0) is 23.8 Å². The van der Waals surface area contributed by atoms with Crippen LogP contribution in [0, 0.1) is 11.2 Å². The molecule has 0 radical (unpaired) electrons. The number of nitrogens with zero attached hydrogens (tertiary/aromatic N) is 1. The minimum absolute atomic E-state index is 0.0512. The highest BCUT2D eigenvalue weighted by molar-refractivity contribution is 9.10. The Bertz CT molecular complexity index is 1090. The molecule has 224 valence electrons. The number of amidine groups is 1. The molecule has 0 saturated heterocycles. The number of benzene rings is 1.